The molecular formula is C25H31N5O4S. The van der Waals surface area contributed by atoms with Crippen molar-refractivity contribution in [1.82, 2.24) is 19.8 Å². The molecule has 0 atom stereocenters. The smallest absolute Gasteiger partial charge is 0.241 e. The van der Waals surface area contributed by atoms with Gasteiger partial charge in [-0.05, 0) is 49.6 Å². The third kappa shape index (κ3) is 5.54. The van der Waals surface area contributed by atoms with Crippen LogP contribution in [0.15, 0.2) is 45.8 Å². The molecular weight excluding hydrogens is 466 g/mol. The van der Waals surface area contributed by atoms with Gasteiger partial charge in [-0.2, -0.15) is 4.98 Å². The summed E-state index contributed by atoms with van der Waals surface area (Å²) in [5.74, 6) is 0.566. The molecule has 2 heterocycles. The molecule has 0 aliphatic carbocycles. The first-order chi connectivity index (χ1) is 16.7. The van der Waals surface area contributed by atoms with E-state index in [9.17, 15) is 13.2 Å². The Hall–Kier alpha value is -3.24. The summed E-state index contributed by atoms with van der Waals surface area (Å²) in [7, 11) is -3.91. The number of carbonyl (C=O) groups is 1. The third-order valence-electron chi connectivity index (χ3n) is 6.26. The van der Waals surface area contributed by atoms with Crippen molar-refractivity contribution in [3.05, 3.63) is 59.0 Å². The highest BCUT2D eigenvalue weighted by atomic mass is 32.2. The number of carbonyl (C=O) groups excluding carboxylic acids is 1. The fraction of sp³-hybridized carbons (Fsp3) is 0.400. The summed E-state index contributed by atoms with van der Waals surface area (Å²) < 4.78 is 33.7. The SMILES string of the molecule is CCc1nc(-c2ccc(C)c(S(=O)(=O)NCC(=O)N3CCN(c4cc(C)ccc4C)CC3)c2)no1. The van der Waals surface area contributed by atoms with Crippen molar-refractivity contribution in [2.75, 3.05) is 37.6 Å². The second-order valence-corrected chi connectivity index (χ2v) is 10.6. The van der Waals surface area contributed by atoms with Crippen LogP contribution in [0.3, 0.4) is 0 Å². The number of nitrogens with zero attached hydrogens (tertiary/aromatic N) is 4. The van der Waals surface area contributed by atoms with Gasteiger partial charge in [-0.1, -0.05) is 36.3 Å². The van der Waals surface area contributed by atoms with E-state index in [0.29, 0.717) is 55.4 Å². The van der Waals surface area contributed by atoms with E-state index in [1.165, 1.54) is 22.9 Å². The number of aromatic nitrogens is 2. The molecule has 4 rings (SSSR count). The average molecular weight is 498 g/mol. The van der Waals surface area contributed by atoms with Crippen LogP contribution in [0.5, 0.6) is 0 Å². The number of anilines is 1. The zero-order valence-electron chi connectivity index (χ0n) is 20.5. The highest BCUT2D eigenvalue weighted by Gasteiger charge is 2.25. The van der Waals surface area contributed by atoms with Crippen LogP contribution in [0, 0.1) is 20.8 Å². The number of amides is 1. The largest absolute Gasteiger partial charge is 0.368 e. The molecule has 1 aromatic heterocycles. The summed E-state index contributed by atoms with van der Waals surface area (Å²) in [5.41, 5.74) is 4.68. The molecule has 0 unspecified atom stereocenters. The van der Waals surface area contributed by atoms with Crippen molar-refractivity contribution >= 4 is 21.6 Å². The van der Waals surface area contributed by atoms with Crippen LogP contribution >= 0.6 is 0 Å². The van der Waals surface area contributed by atoms with E-state index in [-0.39, 0.29) is 17.3 Å². The summed E-state index contributed by atoms with van der Waals surface area (Å²) in [6.07, 6.45) is 0.590. The molecule has 1 aliphatic rings. The highest BCUT2D eigenvalue weighted by molar-refractivity contribution is 7.89. The maximum Gasteiger partial charge on any atom is 0.241 e. The lowest BCUT2D eigenvalue weighted by atomic mass is 10.1. The quantitative estimate of drug-likeness (QED) is 0.535. The molecule has 3 aromatic rings. The average Bonchev–Trinajstić information content (AvgIpc) is 3.34. The van der Waals surface area contributed by atoms with Gasteiger partial charge in [0.25, 0.3) is 0 Å². The van der Waals surface area contributed by atoms with Crippen molar-refractivity contribution in [3.8, 4) is 11.4 Å². The number of piperazine rings is 1. The standard InChI is InChI=1S/C25H31N5O4S/c1-5-23-27-25(28-34-23)20-9-8-19(4)22(15-20)35(32,33)26-16-24(31)30-12-10-29(11-13-30)21-14-17(2)6-7-18(21)3/h6-9,14-15,26H,5,10-13,16H2,1-4H3. The Morgan fingerprint density at radius 1 is 1.03 bits per heavy atom. The van der Waals surface area contributed by atoms with Crippen LogP contribution in [0.25, 0.3) is 11.4 Å². The minimum Gasteiger partial charge on any atom is -0.368 e. The summed E-state index contributed by atoms with van der Waals surface area (Å²) in [6.45, 7) is 9.95. The summed E-state index contributed by atoms with van der Waals surface area (Å²) >= 11 is 0. The van der Waals surface area contributed by atoms with Crippen LogP contribution < -0.4 is 9.62 Å². The minimum absolute atomic E-state index is 0.0883. The van der Waals surface area contributed by atoms with Gasteiger partial charge in [-0.25, -0.2) is 13.1 Å². The van der Waals surface area contributed by atoms with Crippen molar-refractivity contribution in [1.29, 1.82) is 0 Å². The van der Waals surface area contributed by atoms with E-state index in [1.54, 1.807) is 24.0 Å². The van der Waals surface area contributed by atoms with Gasteiger partial charge in [-0.15, -0.1) is 0 Å². The zero-order chi connectivity index (χ0) is 25.2. The van der Waals surface area contributed by atoms with Crippen LogP contribution in [-0.2, 0) is 21.2 Å². The second-order valence-electron chi connectivity index (χ2n) is 8.83. The van der Waals surface area contributed by atoms with Crippen molar-refractivity contribution in [2.24, 2.45) is 0 Å². The minimum atomic E-state index is -3.91. The Balaban J connectivity index is 1.39. The number of nitrogens with one attached hydrogen (secondary N) is 1. The molecule has 1 N–H and O–H groups in total. The first-order valence-electron chi connectivity index (χ1n) is 11.7. The van der Waals surface area contributed by atoms with Gasteiger partial charge < -0.3 is 14.3 Å². The van der Waals surface area contributed by atoms with E-state index >= 15 is 0 Å². The van der Waals surface area contributed by atoms with Crippen molar-refractivity contribution in [3.63, 3.8) is 0 Å². The van der Waals surface area contributed by atoms with E-state index in [1.807, 2.05) is 6.92 Å². The number of hydrogen-bond acceptors (Lipinski definition) is 7. The third-order valence-corrected chi connectivity index (χ3v) is 7.80. The van der Waals surface area contributed by atoms with E-state index < -0.39 is 10.0 Å². The molecule has 0 bridgehead atoms. The monoisotopic (exact) mass is 497 g/mol. The molecule has 35 heavy (non-hydrogen) atoms. The van der Waals surface area contributed by atoms with Crippen LogP contribution in [0.1, 0.15) is 29.5 Å². The lowest BCUT2D eigenvalue weighted by Crippen LogP contribution is -2.51. The van der Waals surface area contributed by atoms with E-state index in [4.69, 9.17) is 4.52 Å². The van der Waals surface area contributed by atoms with Gasteiger partial charge in [0.15, 0.2) is 0 Å². The van der Waals surface area contributed by atoms with Crippen LogP contribution in [0.2, 0.25) is 0 Å². The maximum atomic E-state index is 13.0. The Morgan fingerprint density at radius 3 is 2.43 bits per heavy atom. The summed E-state index contributed by atoms with van der Waals surface area (Å²) in [5, 5.41) is 3.92. The first-order valence-corrected chi connectivity index (χ1v) is 13.2. The number of rotatable bonds is 7. The topological polar surface area (TPSA) is 109 Å². The molecule has 186 valence electrons. The molecule has 1 aliphatic heterocycles. The fourth-order valence-corrected chi connectivity index (χ4v) is 5.39. The molecule has 0 spiro atoms. The number of hydrogen-bond donors (Lipinski definition) is 1. The molecule has 9 nitrogen and oxygen atoms in total. The number of aryl methyl sites for hydroxylation is 4. The van der Waals surface area contributed by atoms with Gasteiger partial charge in [0.1, 0.15) is 0 Å². The molecule has 0 saturated carbocycles. The summed E-state index contributed by atoms with van der Waals surface area (Å²) in [6, 6.07) is 11.3. The Bertz CT molecular complexity index is 1330. The molecule has 0 radical (unpaired) electrons. The highest BCUT2D eigenvalue weighted by Crippen LogP contribution is 2.24. The van der Waals surface area contributed by atoms with Gasteiger partial charge in [-0.3, -0.25) is 4.79 Å². The van der Waals surface area contributed by atoms with Gasteiger partial charge in [0.2, 0.25) is 27.6 Å². The predicted molar refractivity (Wildman–Crippen MR) is 134 cm³/mol. The van der Waals surface area contributed by atoms with Gasteiger partial charge in [0.05, 0.1) is 11.4 Å². The Morgan fingerprint density at radius 2 is 1.74 bits per heavy atom. The van der Waals surface area contributed by atoms with Crippen molar-refractivity contribution < 1.29 is 17.7 Å². The van der Waals surface area contributed by atoms with Gasteiger partial charge in [0, 0.05) is 43.9 Å². The first kappa shape index (κ1) is 24.9. The molecule has 10 heteroatoms. The maximum absolute atomic E-state index is 13.0. The molecule has 2 aromatic carbocycles. The summed E-state index contributed by atoms with van der Waals surface area (Å²) in [4.78, 5) is 21.1. The zero-order valence-corrected chi connectivity index (χ0v) is 21.4. The van der Waals surface area contributed by atoms with Gasteiger partial charge >= 0.3 is 0 Å². The number of benzene rings is 2. The lowest BCUT2D eigenvalue weighted by molar-refractivity contribution is -0.130. The lowest BCUT2D eigenvalue weighted by Gasteiger charge is -2.37. The molecule has 1 amide bonds. The van der Waals surface area contributed by atoms with E-state index in [2.05, 4.69) is 51.8 Å². The van der Waals surface area contributed by atoms with E-state index in [0.717, 1.165) is 0 Å². The number of sulfonamides is 1. The fourth-order valence-electron chi connectivity index (χ4n) is 4.15. The Labute approximate surface area is 206 Å². The predicted octanol–water partition coefficient (Wildman–Crippen LogP) is 2.85. The van der Waals surface area contributed by atoms with Crippen molar-refractivity contribution in [2.45, 2.75) is 39.0 Å². The molecule has 1 saturated heterocycles. The normalized spacial score (nSPS) is 14.4. The second kappa shape index (κ2) is 10.2. The van der Waals surface area contributed by atoms with Crippen LogP contribution in [0.4, 0.5) is 5.69 Å². The van der Waals surface area contributed by atoms with Crippen LogP contribution in [-0.4, -0.2) is 62.1 Å². The Kier molecular flexibility index (Phi) is 7.23. The molecule has 1 fully saturated rings.